The number of epoxide rings is 1. The summed E-state index contributed by atoms with van der Waals surface area (Å²) < 4.78 is 23.9. The van der Waals surface area contributed by atoms with Gasteiger partial charge in [-0.25, -0.2) is 4.79 Å². The summed E-state index contributed by atoms with van der Waals surface area (Å²) in [7, 11) is 0. The van der Waals surface area contributed by atoms with Crippen molar-refractivity contribution in [2.24, 2.45) is 16.5 Å². The summed E-state index contributed by atoms with van der Waals surface area (Å²) in [5.41, 5.74) is 9.30. The van der Waals surface area contributed by atoms with Crippen LogP contribution in [-0.2, 0) is 14.3 Å². The first-order chi connectivity index (χ1) is 16.5. The predicted octanol–water partition coefficient (Wildman–Crippen LogP) is 2.35. The summed E-state index contributed by atoms with van der Waals surface area (Å²) in [6.07, 6.45) is 2.22. The van der Waals surface area contributed by atoms with Gasteiger partial charge in [-0.05, 0) is 52.9 Å². The maximum atomic E-state index is 13.3. The average molecular weight is 486 g/mol. The number of hydrogen-bond acceptors (Lipinski definition) is 8. The molecule has 0 unspecified atom stereocenters. The number of aryl methyl sites for hydroxylation is 1. The molecule has 10 heteroatoms. The fourth-order valence-corrected chi connectivity index (χ4v) is 5.65. The van der Waals surface area contributed by atoms with Gasteiger partial charge in [0.1, 0.15) is 39.9 Å². The SMILES string of the molecule is Cc1cc(=O)c2c(O)c3c(cc2o1)OC(C)(C)[C@@H]1OC(=O)[C@]2(CCC[C@H]31)O[C@@H]2CCCN=C(N)N. The quantitative estimate of drug-likeness (QED) is 0.194. The molecule has 5 N–H and O–H groups in total. The Morgan fingerprint density at radius 2 is 2.03 bits per heavy atom. The number of aliphatic imine (C=N–C) groups is 1. The van der Waals surface area contributed by atoms with Crippen LogP contribution in [0.2, 0.25) is 0 Å². The number of aromatic hydroxyl groups is 1. The van der Waals surface area contributed by atoms with E-state index in [2.05, 4.69) is 4.99 Å². The maximum Gasteiger partial charge on any atom is 0.341 e. The minimum atomic E-state index is -0.969. The van der Waals surface area contributed by atoms with E-state index in [0.29, 0.717) is 55.7 Å². The number of hydrogen-bond donors (Lipinski definition) is 3. The molecule has 1 spiro atoms. The molecule has 4 heterocycles. The van der Waals surface area contributed by atoms with Crippen LogP contribution in [0.1, 0.15) is 63.2 Å². The Kier molecular flexibility index (Phi) is 5.47. The second-order valence-corrected chi connectivity index (χ2v) is 10.2. The summed E-state index contributed by atoms with van der Waals surface area (Å²) in [6, 6.07) is 2.99. The van der Waals surface area contributed by atoms with E-state index in [-0.39, 0.29) is 40.1 Å². The van der Waals surface area contributed by atoms with Crippen LogP contribution in [0.5, 0.6) is 11.5 Å². The van der Waals surface area contributed by atoms with Gasteiger partial charge in [0.25, 0.3) is 0 Å². The van der Waals surface area contributed by atoms with Crippen molar-refractivity contribution in [1.82, 2.24) is 0 Å². The van der Waals surface area contributed by atoms with Crippen LogP contribution >= 0.6 is 0 Å². The first-order valence-electron chi connectivity index (χ1n) is 12.0. The van der Waals surface area contributed by atoms with Crippen LogP contribution in [0.25, 0.3) is 11.0 Å². The van der Waals surface area contributed by atoms with Crippen LogP contribution < -0.4 is 21.6 Å². The van der Waals surface area contributed by atoms with E-state index in [1.807, 2.05) is 13.8 Å². The van der Waals surface area contributed by atoms with E-state index in [0.717, 1.165) is 0 Å². The van der Waals surface area contributed by atoms with Gasteiger partial charge in [-0.3, -0.25) is 9.79 Å². The van der Waals surface area contributed by atoms with E-state index >= 15 is 0 Å². The number of phenolic OH excluding ortho intramolecular Hbond substituents is 1. The highest BCUT2D eigenvalue weighted by molar-refractivity contribution is 5.88. The molecule has 1 aromatic heterocycles. The van der Waals surface area contributed by atoms with Gasteiger partial charge in [-0.15, -0.1) is 0 Å². The molecule has 10 nitrogen and oxygen atoms in total. The van der Waals surface area contributed by atoms with E-state index < -0.39 is 23.3 Å². The summed E-state index contributed by atoms with van der Waals surface area (Å²) in [4.78, 5) is 30.0. The predicted molar refractivity (Wildman–Crippen MR) is 128 cm³/mol. The van der Waals surface area contributed by atoms with Crippen LogP contribution in [0.4, 0.5) is 0 Å². The zero-order chi connectivity index (χ0) is 25.1. The van der Waals surface area contributed by atoms with Gasteiger partial charge in [0.05, 0.1) is 6.10 Å². The van der Waals surface area contributed by atoms with Gasteiger partial charge >= 0.3 is 5.97 Å². The Labute approximate surface area is 202 Å². The zero-order valence-electron chi connectivity index (χ0n) is 20.1. The number of benzene rings is 1. The number of phenols is 1. The van der Waals surface area contributed by atoms with Gasteiger partial charge in [0.15, 0.2) is 17.0 Å². The van der Waals surface area contributed by atoms with Gasteiger partial charge in [0, 0.05) is 30.2 Å². The third kappa shape index (κ3) is 3.89. The largest absolute Gasteiger partial charge is 0.507 e. The lowest BCUT2D eigenvalue weighted by molar-refractivity contribution is -0.173. The van der Waals surface area contributed by atoms with Crippen molar-refractivity contribution in [3.63, 3.8) is 0 Å². The van der Waals surface area contributed by atoms with E-state index in [1.54, 1.807) is 13.0 Å². The molecule has 0 bridgehead atoms. The van der Waals surface area contributed by atoms with Gasteiger partial charge in [-0.2, -0.15) is 0 Å². The Morgan fingerprint density at radius 1 is 1.26 bits per heavy atom. The number of nitrogens with two attached hydrogens (primary N) is 2. The van der Waals surface area contributed by atoms with E-state index in [4.69, 9.17) is 30.1 Å². The van der Waals surface area contributed by atoms with Crippen LogP contribution in [0.3, 0.4) is 0 Å². The fraction of sp³-hybridized carbons (Fsp3) is 0.560. The second-order valence-electron chi connectivity index (χ2n) is 10.2. The van der Waals surface area contributed by atoms with Crippen LogP contribution in [-0.4, -0.2) is 47.0 Å². The maximum absolute atomic E-state index is 13.3. The molecule has 1 aromatic carbocycles. The summed E-state index contributed by atoms with van der Waals surface area (Å²) in [5, 5.41) is 11.3. The van der Waals surface area contributed by atoms with Crippen molar-refractivity contribution in [2.45, 2.75) is 82.2 Å². The highest BCUT2D eigenvalue weighted by Gasteiger charge is 2.65. The van der Waals surface area contributed by atoms with Crippen molar-refractivity contribution in [3.8, 4) is 11.5 Å². The Bertz CT molecular complexity index is 1280. The molecule has 0 radical (unpaired) electrons. The molecule has 2 saturated heterocycles. The molecular weight excluding hydrogens is 454 g/mol. The van der Waals surface area contributed by atoms with Crippen LogP contribution in [0, 0.1) is 6.92 Å². The standard InChI is InChI=1S/C25H31N3O7/c1-12-10-14(29)19-15(32-12)11-16-18(20(19)30)13-6-4-8-25(17(35-25)7-5-9-28-23(26)27)22(31)33-21(13)24(2,3)34-16/h10-11,13,17,21,30H,4-9H2,1-3H3,(H4,26,27,28)/t13-,17-,21-,25-/m1/s1. The molecule has 188 valence electrons. The third-order valence-corrected chi connectivity index (χ3v) is 7.29. The monoisotopic (exact) mass is 485 g/mol. The Hall–Kier alpha value is -3.27. The molecule has 3 aliphatic rings. The fourth-order valence-electron chi connectivity index (χ4n) is 5.65. The number of carbonyl (C=O) groups excluding carboxylic acids is 1. The van der Waals surface area contributed by atoms with Crippen molar-refractivity contribution >= 4 is 22.9 Å². The summed E-state index contributed by atoms with van der Waals surface area (Å²) in [6.45, 7) is 5.85. The number of fused-ring (bicyclic) bond motifs is 4. The summed E-state index contributed by atoms with van der Waals surface area (Å²) >= 11 is 0. The lowest BCUT2D eigenvalue weighted by atomic mass is 9.76. The van der Waals surface area contributed by atoms with Crippen LogP contribution in [0.15, 0.2) is 26.3 Å². The van der Waals surface area contributed by atoms with Crippen molar-refractivity contribution in [1.29, 1.82) is 0 Å². The lowest BCUT2D eigenvalue weighted by Crippen LogP contribution is -2.53. The Balaban J connectivity index is 1.45. The van der Waals surface area contributed by atoms with Gasteiger partial charge in [-0.1, -0.05) is 0 Å². The first-order valence-corrected chi connectivity index (χ1v) is 12.0. The number of guanidine groups is 1. The molecule has 2 fully saturated rings. The number of esters is 1. The number of nitrogens with zero attached hydrogens (tertiary/aromatic N) is 1. The van der Waals surface area contributed by atoms with E-state index in [9.17, 15) is 14.7 Å². The molecule has 0 aliphatic carbocycles. The minimum absolute atomic E-state index is 0.0385. The number of carbonyl (C=O) groups is 1. The smallest absolute Gasteiger partial charge is 0.341 e. The molecular formula is C25H31N3O7. The normalized spacial score (nSPS) is 28.8. The molecule has 4 atom stereocenters. The van der Waals surface area contributed by atoms with Crippen molar-refractivity contribution in [2.75, 3.05) is 6.54 Å². The molecule has 2 aromatic rings. The highest BCUT2D eigenvalue weighted by Crippen LogP contribution is 2.54. The second kappa shape index (κ2) is 8.15. The number of ether oxygens (including phenoxy) is 3. The first kappa shape index (κ1) is 23.5. The molecule has 5 rings (SSSR count). The van der Waals surface area contributed by atoms with E-state index in [1.165, 1.54) is 6.07 Å². The van der Waals surface area contributed by atoms with Crippen molar-refractivity contribution < 1.29 is 28.5 Å². The van der Waals surface area contributed by atoms with Gasteiger partial charge < -0.3 is 35.2 Å². The minimum Gasteiger partial charge on any atom is -0.507 e. The molecule has 0 amide bonds. The highest BCUT2D eigenvalue weighted by atomic mass is 16.7. The Morgan fingerprint density at radius 3 is 2.77 bits per heavy atom. The van der Waals surface area contributed by atoms with Gasteiger partial charge in [0.2, 0.25) is 0 Å². The number of rotatable bonds is 4. The van der Waals surface area contributed by atoms with Crippen molar-refractivity contribution in [3.05, 3.63) is 33.7 Å². The molecule has 35 heavy (non-hydrogen) atoms. The summed E-state index contributed by atoms with van der Waals surface area (Å²) in [5.74, 6) is -0.0346. The lowest BCUT2D eigenvalue weighted by Gasteiger charge is -2.45. The zero-order valence-corrected chi connectivity index (χ0v) is 20.1. The topological polar surface area (TPSA) is 163 Å². The third-order valence-electron chi connectivity index (χ3n) is 7.29. The molecule has 0 saturated carbocycles. The average Bonchev–Trinajstić information content (AvgIpc) is 3.45. The molecule has 3 aliphatic heterocycles.